The standard InChI is InChI=1S/C32H12BF24.C26H22NO3/c34-25(35,36)13-1-14(26(37,38)39)6-21(5-13)33(22-7-15(27(40,41)42)2-16(8-22)28(43,44)45,23-9-17(29(46,47)48)3-18(10-23)30(49,50)51)24-11-19(31(52,53)54)4-20(12-24)32(55,56)57;1-18-12-13-19(2)24(16-18)30-26(29)25-22-11-7-6-8-20(22)14-15-27(25)17-23(28)21-9-4-3-5-10-21/h1-12H;3-16H,17H2,1-2H3/q-1;+1. The number of halogens is 24. The van der Waals surface area contributed by atoms with E-state index in [4.69, 9.17) is 4.74 Å². The maximum Gasteiger partial charge on any atom is 0.416 e. The predicted octanol–water partition coefficient (Wildman–Crippen LogP) is 16.1. The van der Waals surface area contributed by atoms with Crippen LogP contribution in [-0.2, 0) is 56.0 Å². The van der Waals surface area contributed by atoms with Gasteiger partial charge in [-0.1, -0.05) is 109 Å². The molecule has 87 heavy (non-hydrogen) atoms. The maximum atomic E-state index is 14.2. The first-order chi connectivity index (χ1) is 39.8. The van der Waals surface area contributed by atoms with E-state index in [0.29, 0.717) is 17.0 Å². The number of ether oxygens (including phenoxy) is 1. The van der Waals surface area contributed by atoms with Crippen LogP contribution in [0.1, 0.15) is 76.5 Å². The van der Waals surface area contributed by atoms with Crippen LogP contribution in [0.25, 0.3) is 10.8 Å². The van der Waals surface area contributed by atoms with Crippen LogP contribution in [0.15, 0.2) is 158 Å². The van der Waals surface area contributed by atoms with Crippen molar-refractivity contribution in [2.75, 3.05) is 0 Å². The second kappa shape index (κ2) is 23.3. The van der Waals surface area contributed by atoms with Crippen molar-refractivity contribution in [2.24, 2.45) is 0 Å². The molecule has 0 aliphatic heterocycles. The van der Waals surface area contributed by atoms with Gasteiger partial charge in [0.15, 0.2) is 6.20 Å². The highest BCUT2D eigenvalue weighted by Crippen LogP contribution is 2.42. The molecule has 460 valence electrons. The second-order valence-corrected chi connectivity index (χ2v) is 19.6. The average molecular weight is 1260 g/mol. The molecule has 0 aliphatic rings. The van der Waals surface area contributed by atoms with Crippen LogP contribution in [0, 0.1) is 13.8 Å². The van der Waals surface area contributed by atoms with E-state index < -0.39 is 201 Å². The molecule has 0 saturated heterocycles. The third-order valence-electron chi connectivity index (χ3n) is 13.5. The predicted molar refractivity (Wildman–Crippen MR) is 266 cm³/mol. The maximum absolute atomic E-state index is 14.2. The number of alkyl halides is 24. The van der Waals surface area contributed by atoms with Crippen LogP contribution < -0.4 is 31.2 Å². The van der Waals surface area contributed by atoms with Crippen LogP contribution in [0.3, 0.4) is 0 Å². The summed E-state index contributed by atoms with van der Waals surface area (Å²) in [5.74, 6) is -0.0353. The number of nitrogens with zero attached hydrogens (tertiary/aromatic N) is 1. The van der Waals surface area contributed by atoms with E-state index in [1.807, 2.05) is 80.6 Å². The van der Waals surface area contributed by atoms with Gasteiger partial charge in [-0.05, 0) is 66.8 Å². The summed E-state index contributed by atoms with van der Waals surface area (Å²) in [5.41, 5.74) is -27.4. The summed E-state index contributed by atoms with van der Waals surface area (Å²) in [6, 6.07) is 15.5. The molecule has 0 bridgehead atoms. The van der Waals surface area contributed by atoms with E-state index in [9.17, 15) is 115 Å². The minimum absolute atomic E-state index is 0.0477. The highest BCUT2D eigenvalue weighted by atomic mass is 19.4. The normalized spacial score (nSPS) is 13.1. The van der Waals surface area contributed by atoms with E-state index in [2.05, 4.69) is 0 Å². The fourth-order valence-electron chi connectivity index (χ4n) is 9.52. The number of pyridine rings is 1. The van der Waals surface area contributed by atoms with Crippen molar-refractivity contribution >= 4 is 50.5 Å². The van der Waals surface area contributed by atoms with Gasteiger partial charge in [-0.15, -0.1) is 0 Å². The van der Waals surface area contributed by atoms with E-state index in [1.54, 1.807) is 22.9 Å². The highest BCUT2D eigenvalue weighted by molar-refractivity contribution is 7.20. The molecule has 8 rings (SSSR count). The van der Waals surface area contributed by atoms with E-state index in [1.165, 1.54) is 0 Å². The number of esters is 1. The minimum Gasteiger partial charge on any atom is -0.418 e. The van der Waals surface area contributed by atoms with Crippen LogP contribution in [0.5, 0.6) is 5.75 Å². The Morgan fingerprint density at radius 3 is 1.05 bits per heavy atom. The van der Waals surface area contributed by atoms with Crippen molar-refractivity contribution in [3.8, 4) is 5.75 Å². The van der Waals surface area contributed by atoms with Crippen molar-refractivity contribution in [2.45, 2.75) is 69.8 Å². The van der Waals surface area contributed by atoms with Crippen molar-refractivity contribution < 1.29 is 124 Å². The van der Waals surface area contributed by atoms with Gasteiger partial charge < -0.3 is 4.74 Å². The fraction of sp³-hybridized carbons (Fsp3) is 0.190. The molecule has 0 saturated carbocycles. The average Bonchev–Trinajstić information content (AvgIpc) is 0.722. The van der Waals surface area contributed by atoms with Gasteiger partial charge in [-0.2, -0.15) is 132 Å². The molecule has 0 radical (unpaired) electrons. The van der Waals surface area contributed by atoms with Crippen molar-refractivity contribution in [1.82, 2.24) is 0 Å². The quantitative estimate of drug-likeness (QED) is 0.0361. The number of fused-ring (bicyclic) bond motifs is 1. The summed E-state index contributed by atoms with van der Waals surface area (Å²) in [6.07, 6.45) is -53.0. The first kappa shape index (κ1) is 66.0. The summed E-state index contributed by atoms with van der Waals surface area (Å²) >= 11 is 0. The summed E-state index contributed by atoms with van der Waals surface area (Å²) < 4.78 is 348. The third-order valence-corrected chi connectivity index (χ3v) is 13.5. The lowest BCUT2D eigenvalue weighted by Crippen LogP contribution is -2.75. The number of hydrogen-bond acceptors (Lipinski definition) is 3. The summed E-state index contributed by atoms with van der Waals surface area (Å²) in [7, 11) is 0. The number of benzene rings is 7. The molecule has 0 fully saturated rings. The Balaban J connectivity index is 0.000000300. The second-order valence-electron chi connectivity index (χ2n) is 19.6. The van der Waals surface area contributed by atoms with Gasteiger partial charge in [0.1, 0.15) is 11.9 Å². The zero-order chi connectivity index (χ0) is 65.0. The zero-order valence-electron chi connectivity index (χ0n) is 43.5. The van der Waals surface area contributed by atoms with Crippen LogP contribution in [0.4, 0.5) is 105 Å². The van der Waals surface area contributed by atoms with Gasteiger partial charge in [0.2, 0.25) is 12.3 Å². The van der Waals surface area contributed by atoms with Gasteiger partial charge in [0.25, 0.3) is 5.69 Å². The Bertz CT molecular complexity index is 3450. The highest BCUT2D eigenvalue weighted by Gasteiger charge is 2.47. The Morgan fingerprint density at radius 2 is 0.713 bits per heavy atom. The first-order valence-corrected chi connectivity index (χ1v) is 24.4. The molecule has 0 amide bonds. The summed E-state index contributed by atoms with van der Waals surface area (Å²) in [4.78, 5) is 26.1. The molecule has 4 nitrogen and oxygen atoms in total. The summed E-state index contributed by atoms with van der Waals surface area (Å²) in [6.45, 7) is 3.90. The van der Waals surface area contributed by atoms with Crippen LogP contribution in [0.2, 0.25) is 0 Å². The largest absolute Gasteiger partial charge is 0.418 e. The molecule has 0 aliphatic carbocycles. The first-order valence-electron chi connectivity index (χ1n) is 24.4. The molecule has 0 atom stereocenters. The molecule has 1 aromatic heterocycles. The SMILES string of the molecule is Cc1ccc(C)c(OC(=O)c2c3ccccc3cc[n+]2CC(=O)c2ccccc2)c1.FC(F)(F)c1cc([B-](c2cc(C(F)(F)F)cc(C(F)(F)F)c2)(c2cc(C(F)(F)F)cc(C(F)(F)F)c2)c2cc(C(F)(F)F)cc(C(F)(F)F)c2)cc(C(F)(F)F)c1. The number of carbonyl (C=O) groups is 2. The van der Waals surface area contributed by atoms with Crippen molar-refractivity contribution in [1.29, 1.82) is 0 Å². The monoisotopic (exact) mass is 1260 g/mol. The van der Waals surface area contributed by atoms with Gasteiger partial charge in [-0.3, -0.25) is 4.79 Å². The Kier molecular flexibility index (Phi) is 17.7. The van der Waals surface area contributed by atoms with Gasteiger partial charge in [0.05, 0.1) is 49.9 Å². The number of hydrogen-bond donors (Lipinski definition) is 0. The van der Waals surface area contributed by atoms with Gasteiger partial charge in [0, 0.05) is 11.6 Å². The Morgan fingerprint density at radius 1 is 0.391 bits per heavy atom. The molecule has 0 N–H and O–H groups in total. The molecule has 8 aromatic rings. The smallest absolute Gasteiger partial charge is 0.416 e. The molecule has 0 unspecified atom stereocenters. The third kappa shape index (κ3) is 14.8. The van der Waals surface area contributed by atoms with Gasteiger partial charge in [-0.25, -0.2) is 4.79 Å². The van der Waals surface area contributed by atoms with Crippen molar-refractivity contribution in [3.05, 3.63) is 225 Å². The number of Topliss-reactive ketones (excluding diaryl/α,β-unsaturated/α-hetero) is 1. The number of rotatable bonds is 9. The van der Waals surface area contributed by atoms with Crippen molar-refractivity contribution in [3.63, 3.8) is 0 Å². The number of ketones is 1. The number of carbonyl (C=O) groups excluding carboxylic acids is 2. The van der Waals surface area contributed by atoms with Crippen LogP contribution in [-0.4, -0.2) is 17.9 Å². The van der Waals surface area contributed by atoms with E-state index in [0.717, 1.165) is 21.9 Å². The lowest BCUT2D eigenvalue weighted by Gasteiger charge is -2.46. The van der Waals surface area contributed by atoms with E-state index in [-0.39, 0.29) is 12.3 Å². The number of aromatic nitrogens is 1. The molecule has 29 heteroatoms. The summed E-state index contributed by atoms with van der Waals surface area (Å²) in [5, 5.41) is 1.66. The molecule has 0 spiro atoms. The molecular weight excluding hydrogens is 1230 g/mol. The lowest BCUT2D eigenvalue weighted by molar-refractivity contribution is -0.684. The van der Waals surface area contributed by atoms with Gasteiger partial charge >= 0.3 is 55.4 Å². The molecule has 1 heterocycles. The lowest BCUT2D eigenvalue weighted by atomic mass is 9.12. The Hall–Kier alpha value is -8.53. The number of aryl methyl sites for hydroxylation is 2. The molecule has 7 aromatic carbocycles. The van der Waals surface area contributed by atoms with Crippen LogP contribution >= 0.6 is 0 Å². The zero-order valence-corrected chi connectivity index (χ0v) is 43.5. The van der Waals surface area contributed by atoms with E-state index >= 15 is 0 Å². The fourth-order valence-corrected chi connectivity index (χ4v) is 9.52. The molecular formula is C58H34BF24NO3. The topological polar surface area (TPSA) is 47.2 Å². The Labute approximate surface area is 474 Å². The minimum atomic E-state index is -6.13.